The minimum Gasteiger partial charge on any atom is -0.198 e. The molecule has 0 aromatic carbocycles. The lowest BCUT2D eigenvalue weighted by atomic mass is 9.88. The predicted molar refractivity (Wildman–Crippen MR) is 48.4 cm³/mol. The van der Waals surface area contributed by atoms with E-state index in [1.54, 1.807) is 0 Å². The van der Waals surface area contributed by atoms with Crippen molar-refractivity contribution in [2.24, 2.45) is 5.41 Å². The molecule has 0 saturated carbocycles. The van der Waals surface area contributed by atoms with E-state index < -0.39 is 0 Å². The highest BCUT2D eigenvalue weighted by atomic mass is 17.4. The standard InChI is InChI=1S/C10H18O2/c1-8(7-9-11-12-9)5-6-10(2,3)4/h9H,1,5-7H2,2-4H3. The van der Waals surface area contributed by atoms with Crippen molar-refractivity contribution in [3.63, 3.8) is 0 Å². The molecule has 2 nitrogen and oxygen atoms in total. The maximum absolute atomic E-state index is 4.65. The Morgan fingerprint density at radius 2 is 1.92 bits per heavy atom. The summed E-state index contributed by atoms with van der Waals surface area (Å²) >= 11 is 0. The number of rotatable bonds is 4. The minimum atomic E-state index is 0.0115. The summed E-state index contributed by atoms with van der Waals surface area (Å²) in [7, 11) is 0. The fourth-order valence-electron chi connectivity index (χ4n) is 0.997. The highest BCUT2D eigenvalue weighted by Crippen LogP contribution is 2.27. The SMILES string of the molecule is C=C(CCC(C)(C)C)CC1OO1. The van der Waals surface area contributed by atoms with Crippen molar-refractivity contribution in [2.45, 2.75) is 46.3 Å². The van der Waals surface area contributed by atoms with E-state index in [1.807, 2.05) is 0 Å². The Labute approximate surface area is 74.5 Å². The fraction of sp³-hybridized carbons (Fsp3) is 0.800. The van der Waals surface area contributed by atoms with Crippen LogP contribution in [0.1, 0.15) is 40.0 Å². The zero-order valence-corrected chi connectivity index (χ0v) is 8.22. The van der Waals surface area contributed by atoms with Gasteiger partial charge in [-0.05, 0) is 18.3 Å². The molecule has 70 valence electrons. The quantitative estimate of drug-likeness (QED) is 0.368. The Balaban J connectivity index is 2.09. The summed E-state index contributed by atoms with van der Waals surface area (Å²) < 4.78 is 0. The lowest BCUT2D eigenvalue weighted by molar-refractivity contribution is 0.0850. The van der Waals surface area contributed by atoms with Gasteiger partial charge in [-0.25, -0.2) is 0 Å². The van der Waals surface area contributed by atoms with Crippen molar-refractivity contribution in [1.29, 1.82) is 0 Å². The van der Waals surface area contributed by atoms with E-state index in [4.69, 9.17) is 0 Å². The van der Waals surface area contributed by atoms with E-state index in [2.05, 4.69) is 37.1 Å². The van der Waals surface area contributed by atoms with Crippen molar-refractivity contribution < 1.29 is 9.78 Å². The molecule has 0 bridgehead atoms. The van der Waals surface area contributed by atoms with Crippen LogP contribution in [-0.2, 0) is 9.78 Å². The van der Waals surface area contributed by atoms with Gasteiger partial charge in [0.1, 0.15) is 0 Å². The molecule has 1 fully saturated rings. The van der Waals surface area contributed by atoms with Crippen LogP contribution < -0.4 is 0 Å². The lowest BCUT2D eigenvalue weighted by Gasteiger charge is -2.18. The monoisotopic (exact) mass is 170 g/mol. The topological polar surface area (TPSA) is 25.1 Å². The maximum Gasteiger partial charge on any atom is 0.228 e. The molecule has 0 amide bonds. The molecule has 0 atom stereocenters. The molecule has 1 rings (SSSR count). The van der Waals surface area contributed by atoms with Gasteiger partial charge in [0.05, 0.1) is 0 Å². The van der Waals surface area contributed by atoms with E-state index in [0.717, 1.165) is 12.8 Å². The first-order valence-corrected chi connectivity index (χ1v) is 4.46. The summed E-state index contributed by atoms with van der Waals surface area (Å²) in [4.78, 5) is 9.30. The Kier molecular flexibility index (Phi) is 2.91. The highest BCUT2D eigenvalue weighted by Gasteiger charge is 2.26. The second-order valence-corrected chi connectivity index (χ2v) is 4.64. The Hall–Kier alpha value is -0.340. The van der Waals surface area contributed by atoms with Crippen molar-refractivity contribution in [2.75, 3.05) is 0 Å². The predicted octanol–water partition coefficient (Wildman–Crippen LogP) is 3.05. The summed E-state index contributed by atoms with van der Waals surface area (Å²) in [6, 6.07) is 0. The fourth-order valence-corrected chi connectivity index (χ4v) is 0.997. The van der Waals surface area contributed by atoms with Gasteiger partial charge in [-0.3, -0.25) is 0 Å². The van der Waals surface area contributed by atoms with Gasteiger partial charge >= 0.3 is 0 Å². The second kappa shape index (κ2) is 3.58. The van der Waals surface area contributed by atoms with Gasteiger partial charge in [-0.1, -0.05) is 32.9 Å². The van der Waals surface area contributed by atoms with Crippen molar-refractivity contribution >= 4 is 0 Å². The van der Waals surface area contributed by atoms with Crippen LogP contribution in [0.25, 0.3) is 0 Å². The summed E-state index contributed by atoms with van der Waals surface area (Å²) in [5, 5.41) is 0. The zero-order valence-electron chi connectivity index (χ0n) is 8.22. The van der Waals surface area contributed by atoms with Gasteiger partial charge in [-0.2, -0.15) is 9.78 Å². The van der Waals surface area contributed by atoms with Crippen LogP contribution in [-0.4, -0.2) is 6.29 Å². The van der Waals surface area contributed by atoms with Crippen LogP contribution in [0.4, 0.5) is 0 Å². The van der Waals surface area contributed by atoms with Gasteiger partial charge in [0, 0.05) is 6.42 Å². The number of hydrogen-bond donors (Lipinski definition) is 0. The molecule has 12 heavy (non-hydrogen) atoms. The van der Waals surface area contributed by atoms with Gasteiger partial charge in [0.2, 0.25) is 6.29 Å². The first-order valence-electron chi connectivity index (χ1n) is 4.46. The van der Waals surface area contributed by atoms with Gasteiger partial charge < -0.3 is 0 Å². The van der Waals surface area contributed by atoms with Crippen LogP contribution in [0, 0.1) is 5.41 Å². The molecule has 0 aliphatic carbocycles. The molecule has 0 unspecified atom stereocenters. The third kappa shape index (κ3) is 4.52. The Morgan fingerprint density at radius 1 is 1.33 bits per heavy atom. The molecule has 0 spiro atoms. The minimum absolute atomic E-state index is 0.0115. The van der Waals surface area contributed by atoms with Crippen molar-refractivity contribution in [3.8, 4) is 0 Å². The zero-order chi connectivity index (χ0) is 9.19. The average Bonchev–Trinajstić information content (AvgIpc) is 2.66. The van der Waals surface area contributed by atoms with Gasteiger partial charge in [-0.15, -0.1) is 0 Å². The molecule has 0 N–H and O–H groups in total. The summed E-state index contributed by atoms with van der Waals surface area (Å²) in [6.07, 6.45) is 3.12. The van der Waals surface area contributed by atoms with E-state index in [1.165, 1.54) is 12.0 Å². The number of hydrogen-bond acceptors (Lipinski definition) is 2. The third-order valence-electron chi connectivity index (χ3n) is 1.92. The van der Waals surface area contributed by atoms with Gasteiger partial charge in [0.15, 0.2) is 0 Å². The lowest BCUT2D eigenvalue weighted by Crippen LogP contribution is -2.05. The summed E-state index contributed by atoms with van der Waals surface area (Å²) in [6.45, 7) is 10.7. The largest absolute Gasteiger partial charge is 0.228 e. The first-order chi connectivity index (χ1) is 5.47. The highest BCUT2D eigenvalue weighted by molar-refractivity contribution is 4.96. The molecule has 1 saturated heterocycles. The van der Waals surface area contributed by atoms with E-state index >= 15 is 0 Å². The van der Waals surface area contributed by atoms with Gasteiger partial charge in [0.25, 0.3) is 0 Å². The molecular formula is C10H18O2. The average molecular weight is 170 g/mol. The Morgan fingerprint density at radius 3 is 2.33 bits per heavy atom. The third-order valence-corrected chi connectivity index (χ3v) is 1.92. The van der Waals surface area contributed by atoms with Crippen LogP contribution in [0.5, 0.6) is 0 Å². The normalized spacial score (nSPS) is 17.9. The second-order valence-electron chi connectivity index (χ2n) is 4.64. The van der Waals surface area contributed by atoms with E-state index in [0.29, 0.717) is 5.41 Å². The van der Waals surface area contributed by atoms with Crippen LogP contribution in [0.3, 0.4) is 0 Å². The van der Waals surface area contributed by atoms with E-state index in [-0.39, 0.29) is 6.29 Å². The van der Waals surface area contributed by atoms with Crippen LogP contribution in [0.15, 0.2) is 12.2 Å². The van der Waals surface area contributed by atoms with Crippen LogP contribution >= 0.6 is 0 Å². The smallest absolute Gasteiger partial charge is 0.198 e. The molecule has 0 radical (unpaired) electrons. The Bertz CT molecular complexity index is 163. The maximum atomic E-state index is 4.65. The first kappa shape index (κ1) is 9.75. The summed E-state index contributed by atoms with van der Waals surface area (Å²) in [5.74, 6) is 0. The van der Waals surface area contributed by atoms with Crippen molar-refractivity contribution in [1.82, 2.24) is 0 Å². The summed E-state index contributed by atoms with van der Waals surface area (Å²) in [5.41, 5.74) is 1.63. The molecule has 0 aromatic rings. The molecule has 0 aromatic heterocycles. The van der Waals surface area contributed by atoms with E-state index in [9.17, 15) is 0 Å². The molecule has 1 aliphatic heterocycles. The molecule has 1 heterocycles. The molecule has 1 aliphatic rings. The van der Waals surface area contributed by atoms with Crippen LogP contribution in [0.2, 0.25) is 0 Å². The molecular weight excluding hydrogens is 152 g/mol. The molecule has 2 heteroatoms. The van der Waals surface area contributed by atoms with Crippen molar-refractivity contribution in [3.05, 3.63) is 12.2 Å².